The highest BCUT2D eigenvalue weighted by Gasteiger charge is 2.34. The molecule has 3 rings (SSSR count). The molecule has 84 valence electrons. The van der Waals surface area contributed by atoms with Gasteiger partial charge in [-0.15, -0.1) is 0 Å². The van der Waals surface area contributed by atoms with Gasteiger partial charge in [0, 0.05) is 24.7 Å². The summed E-state index contributed by atoms with van der Waals surface area (Å²) in [4.78, 5) is 13.9. The lowest BCUT2D eigenvalue weighted by Gasteiger charge is -2.29. The van der Waals surface area contributed by atoms with E-state index in [4.69, 9.17) is 5.73 Å². The van der Waals surface area contributed by atoms with Crippen LogP contribution >= 0.6 is 0 Å². The minimum atomic E-state index is 0.329. The van der Waals surface area contributed by atoms with Crippen LogP contribution in [0.5, 0.6) is 0 Å². The molecule has 0 spiro atoms. The Labute approximate surface area is 95.2 Å². The lowest BCUT2D eigenvalue weighted by atomic mass is 9.99. The highest BCUT2D eigenvalue weighted by Crippen LogP contribution is 2.33. The van der Waals surface area contributed by atoms with Crippen molar-refractivity contribution in [3.8, 4) is 0 Å². The molecule has 0 bridgehead atoms. The molecule has 1 aromatic rings. The zero-order valence-electron chi connectivity index (χ0n) is 9.28. The van der Waals surface area contributed by atoms with Crippen LogP contribution in [0, 0.1) is 5.92 Å². The number of nitrogens with two attached hydrogens (primary N) is 1. The van der Waals surface area contributed by atoms with Crippen LogP contribution in [0.4, 0.5) is 5.69 Å². The van der Waals surface area contributed by atoms with Crippen LogP contribution < -0.4 is 5.73 Å². The van der Waals surface area contributed by atoms with E-state index in [0.717, 1.165) is 38.0 Å². The van der Waals surface area contributed by atoms with Crippen molar-refractivity contribution in [3.05, 3.63) is 29.3 Å². The van der Waals surface area contributed by atoms with Crippen molar-refractivity contribution in [1.29, 1.82) is 0 Å². The molecule has 2 N–H and O–H groups in total. The highest BCUT2D eigenvalue weighted by molar-refractivity contribution is 5.81. The van der Waals surface area contributed by atoms with Crippen LogP contribution in [0.25, 0.3) is 0 Å². The van der Waals surface area contributed by atoms with Crippen molar-refractivity contribution in [1.82, 2.24) is 4.90 Å². The van der Waals surface area contributed by atoms with Gasteiger partial charge in [-0.25, -0.2) is 0 Å². The van der Waals surface area contributed by atoms with Gasteiger partial charge in [0.1, 0.15) is 0 Å². The number of fused-ring (bicyclic) bond motifs is 1. The smallest absolute Gasteiger partial charge is 0.225 e. The van der Waals surface area contributed by atoms with Crippen LogP contribution in [0.2, 0.25) is 0 Å². The van der Waals surface area contributed by atoms with E-state index in [1.165, 1.54) is 11.1 Å². The molecule has 1 aromatic carbocycles. The number of anilines is 1. The number of benzene rings is 1. The first-order valence-electron chi connectivity index (χ1n) is 5.90. The van der Waals surface area contributed by atoms with Crippen LogP contribution in [-0.4, -0.2) is 17.4 Å². The van der Waals surface area contributed by atoms with E-state index in [0.29, 0.717) is 11.8 Å². The van der Waals surface area contributed by atoms with Crippen LogP contribution in [0.15, 0.2) is 18.2 Å². The van der Waals surface area contributed by atoms with Crippen molar-refractivity contribution >= 4 is 11.6 Å². The Morgan fingerprint density at radius 1 is 1.31 bits per heavy atom. The highest BCUT2D eigenvalue weighted by atomic mass is 16.2. The lowest BCUT2D eigenvalue weighted by molar-refractivity contribution is -0.133. The van der Waals surface area contributed by atoms with Gasteiger partial charge in [0.15, 0.2) is 0 Å². The standard InChI is InChI=1S/C13H16N2O/c14-12-4-3-11-8-15(6-5-10(11)7-12)13(16)9-1-2-9/h3-4,7,9H,1-2,5-6,8,14H2. The van der Waals surface area contributed by atoms with Gasteiger partial charge in [-0.1, -0.05) is 6.07 Å². The molecule has 0 saturated heterocycles. The first-order chi connectivity index (χ1) is 7.74. The number of hydrogen-bond donors (Lipinski definition) is 1. The van der Waals surface area contributed by atoms with Crippen molar-refractivity contribution in [2.75, 3.05) is 12.3 Å². The van der Waals surface area contributed by atoms with E-state index in [1.807, 2.05) is 17.0 Å². The van der Waals surface area contributed by atoms with Crippen LogP contribution in [-0.2, 0) is 17.8 Å². The second-order valence-corrected chi connectivity index (χ2v) is 4.81. The number of amides is 1. The minimum Gasteiger partial charge on any atom is -0.399 e. The number of nitrogens with zero attached hydrogens (tertiary/aromatic N) is 1. The SMILES string of the molecule is Nc1ccc2c(c1)CCN(C(=O)C1CC1)C2. The van der Waals surface area contributed by atoms with E-state index in [-0.39, 0.29) is 0 Å². The summed E-state index contributed by atoms with van der Waals surface area (Å²) in [5.74, 6) is 0.679. The zero-order chi connectivity index (χ0) is 11.1. The topological polar surface area (TPSA) is 46.3 Å². The molecule has 1 aliphatic heterocycles. The fraction of sp³-hybridized carbons (Fsp3) is 0.462. The molecule has 3 nitrogen and oxygen atoms in total. The predicted octanol–water partition coefficient (Wildman–Crippen LogP) is 1.56. The Bertz CT molecular complexity index is 438. The number of carbonyl (C=O) groups excluding carboxylic acids is 1. The van der Waals surface area contributed by atoms with Crippen molar-refractivity contribution in [3.63, 3.8) is 0 Å². The third-order valence-corrected chi connectivity index (χ3v) is 3.48. The van der Waals surface area contributed by atoms with Gasteiger partial charge in [-0.2, -0.15) is 0 Å². The molecular weight excluding hydrogens is 200 g/mol. The summed E-state index contributed by atoms with van der Waals surface area (Å²) < 4.78 is 0. The lowest BCUT2D eigenvalue weighted by Crippen LogP contribution is -2.36. The summed E-state index contributed by atoms with van der Waals surface area (Å²) in [5.41, 5.74) is 9.14. The largest absolute Gasteiger partial charge is 0.399 e. The minimum absolute atomic E-state index is 0.329. The van der Waals surface area contributed by atoms with Crippen LogP contribution in [0.3, 0.4) is 0 Å². The van der Waals surface area contributed by atoms with Crippen molar-refractivity contribution < 1.29 is 4.79 Å². The Balaban J connectivity index is 1.80. The van der Waals surface area contributed by atoms with Crippen molar-refractivity contribution in [2.24, 2.45) is 5.92 Å². The normalized spacial score (nSPS) is 19.4. The van der Waals surface area contributed by atoms with Gasteiger partial charge >= 0.3 is 0 Å². The Morgan fingerprint density at radius 2 is 2.12 bits per heavy atom. The van der Waals surface area contributed by atoms with Gasteiger partial charge in [0.25, 0.3) is 0 Å². The first kappa shape index (κ1) is 9.70. The quantitative estimate of drug-likeness (QED) is 0.724. The molecule has 0 aromatic heterocycles. The van der Waals surface area contributed by atoms with E-state index in [1.54, 1.807) is 0 Å². The first-order valence-corrected chi connectivity index (χ1v) is 5.90. The Morgan fingerprint density at radius 3 is 2.88 bits per heavy atom. The monoisotopic (exact) mass is 216 g/mol. The van der Waals surface area contributed by atoms with Gasteiger partial charge < -0.3 is 10.6 Å². The molecule has 1 fully saturated rings. The zero-order valence-corrected chi connectivity index (χ0v) is 9.28. The molecule has 1 amide bonds. The summed E-state index contributed by atoms with van der Waals surface area (Å²) in [6, 6.07) is 6.01. The van der Waals surface area contributed by atoms with Gasteiger partial charge in [0.2, 0.25) is 5.91 Å². The Kier molecular flexibility index (Phi) is 2.13. The summed E-state index contributed by atoms with van der Waals surface area (Å²) >= 11 is 0. The maximum absolute atomic E-state index is 11.9. The van der Waals surface area contributed by atoms with Gasteiger partial charge in [0.05, 0.1) is 0 Å². The number of carbonyl (C=O) groups is 1. The van der Waals surface area contributed by atoms with E-state index >= 15 is 0 Å². The molecular formula is C13H16N2O. The molecule has 1 heterocycles. The fourth-order valence-corrected chi connectivity index (χ4v) is 2.35. The molecule has 1 saturated carbocycles. The molecule has 3 heteroatoms. The third kappa shape index (κ3) is 1.66. The molecule has 0 unspecified atom stereocenters. The molecule has 2 aliphatic rings. The van der Waals surface area contributed by atoms with E-state index < -0.39 is 0 Å². The third-order valence-electron chi connectivity index (χ3n) is 3.48. The molecule has 16 heavy (non-hydrogen) atoms. The summed E-state index contributed by atoms with van der Waals surface area (Å²) in [7, 11) is 0. The summed E-state index contributed by atoms with van der Waals surface area (Å²) in [6.45, 7) is 1.62. The summed E-state index contributed by atoms with van der Waals surface area (Å²) in [5, 5.41) is 0. The second kappa shape index (κ2) is 3.51. The van der Waals surface area contributed by atoms with Gasteiger partial charge in [-0.05, 0) is 42.5 Å². The molecule has 0 radical (unpaired) electrons. The van der Waals surface area contributed by atoms with Crippen LogP contribution in [0.1, 0.15) is 24.0 Å². The number of rotatable bonds is 1. The van der Waals surface area contributed by atoms with E-state index in [9.17, 15) is 4.79 Å². The second-order valence-electron chi connectivity index (χ2n) is 4.81. The Hall–Kier alpha value is -1.51. The fourth-order valence-electron chi connectivity index (χ4n) is 2.35. The average molecular weight is 216 g/mol. The maximum Gasteiger partial charge on any atom is 0.225 e. The van der Waals surface area contributed by atoms with E-state index in [2.05, 4.69) is 6.07 Å². The number of hydrogen-bond acceptors (Lipinski definition) is 2. The average Bonchev–Trinajstić information content (AvgIpc) is 3.11. The maximum atomic E-state index is 11.9. The molecule has 0 atom stereocenters. The predicted molar refractivity (Wildman–Crippen MR) is 62.7 cm³/mol. The number of nitrogen functional groups attached to an aromatic ring is 1. The van der Waals surface area contributed by atoms with Gasteiger partial charge in [-0.3, -0.25) is 4.79 Å². The summed E-state index contributed by atoms with van der Waals surface area (Å²) in [6.07, 6.45) is 3.12. The molecule has 1 aliphatic carbocycles. The van der Waals surface area contributed by atoms with Crippen molar-refractivity contribution in [2.45, 2.75) is 25.8 Å².